The maximum Gasteiger partial charge on any atom is 1.00 e. The van der Waals surface area contributed by atoms with Gasteiger partial charge in [0.25, 0.3) is 0 Å². The summed E-state index contributed by atoms with van der Waals surface area (Å²) in [7, 11) is -4.51. The van der Waals surface area contributed by atoms with E-state index in [0.29, 0.717) is 5.39 Å². The Labute approximate surface area is 276 Å². The first-order valence-electron chi connectivity index (χ1n) is 17.0. The minimum atomic E-state index is -4.51. The van der Waals surface area contributed by atoms with Crippen molar-refractivity contribution in [2.45, 2.75) is 173 Å². The number of hydrogen-bond acceptors (Lipinski definition) is 3. The molecule has 0 heterocycles. The molecule has 2 aromatic carbocycles. The second-order valence-electron chi connectivity index (χ2n) is 12.1. The van der Waals surface area contributed by atoms with Crippen LogP contribution >= 0.6 is 0 Å². The summed E-state index contributed by atoms with van der Waals surface area (Å²) in [6.07, 6.45) is 30.7. The Morgan fingerprint density at radius 2 is 0.976 bits per heavy atom. The van der Waals surface area contributed by atoms with Gasteiger partial charge in [-0.05, 0) is 48.3 Å². The Bertz CT molecular complexity index is 1030. The van der Waals surface area contributed by atoms with Gasteiger partial charge in [0.2, 0.25) is 0 Å². The second-order valence-corrected chi connectivity index (χ2v) is 13.5. The molecule has 0 radical (unpaired) electrons. The third-order valence-corrected chi connectivity index (χ3v) is 9.35. The van der Waals surface area contributed by atoms with E-state index in [1.165, 1.54) is 140 Å². The average Bonchev–Trinajstić information content (AvgIpc) is 2.93. The molecule has 0 bridgehead atoms. The molecular weight excluding hydrogens is 535 g/mol. The molecule has 5 heteroatoms. The third kappa shape index (κ3) is 16.9. The van der Waals surface area contributed by atoms with Gasteiger partial charge in [-0.2, -0.15) is 0 Å². The van der Waals surface area contributed by atoms with E-state index in [4.69, 9.17) is 0 Å². The normalized spacial score (nSPS) is 11.7. The molecule has 2 aromatic rings. The van der Waals surface area contributed by atoms with Gasteiger partial charge in [-0.15, -0.1) is 0 Å². The van der Waals surface area contributed by atoms with Crippen molar-refractivity contribution in [1.29, 1.82) is 0 Å². The molecule has 0 saturated heterocycles. The number of rotatable bonds is 25. The summed E-state index contributed by atoms with van der Waals surface area (Å²) in [5, 5.41) is 1.56. The van der Waals surface area contributed by atoms with Gasteiger partial charge in [-0.1, -0.05) is 167 Å². The maximum atomic E-state index is 12.1. The summed E-state index contributed by atoms with van der Waals surface area (Å²) in [5.74, 6) is 0. The van der Waals surface area contributed by atoms with Crippen molar-refractivity contribution in [3.63, 3.8) is 0 Å². The number of aryl methyl sites for hydroxylation is 2. The van der Waals surface area contributed by atoms with E-state index in [1.54, 1.807) is 6.07 Å². The summed E-state index contributed by atoms with van der Waals surface area (Å²) in [5.41, 5.74) is 2.32. The molecule has 2 rings (SSSR count). The summed E-state index contributed by atoms with van der Waals surface area (Å²) >= 11 is 0. The van der Waals surface area contributed by atoms with Crippen molar-refractivity contribution in [2.75, 3.05) is 0 Å². The predicted molar refractivity (Wildman–Crippen MR) is 172 cm³/mol. The second kappa shape index (κ2) is 24.0. The topological polar surface area (TPSA) is 57.2 Å². The van der Waals surface area contributed by atoms with E-state index >= 15 is 0 Å². The van der Waals surface area contributed by atoms with Crippen molar-refractivity contribution < 1.29 is 42.5 Å². The van der Waals surface area contributed by atoms with Gasteiger partial charge in [0.1, 0.15) is 10.1 Å². The fraction of sp³-hybridized carbons (Fsp3) is 0.722. The molecule has 0 atom stereocenters. The molecule has 0 fully saturated rings. The van der Waals surface area contributed by atoms with Crippen LogP contribution in [-0.2, 0) is 23.0 Å². The van der Waals surface area contributed by atoms with Crippen LogP contribution < -0.4 is 29.6 Å². The molecule has 41 heavy (non-hydrogen) atoms. The zero-order valence-electron chi connectivity index (χ0n) is 27.0. The van der Waals surface area contributed by atoms with E-state index in [9.17, 15) is 13.0 Å². The monoisotopic (exact) mass is 594 g/mol. The number of fused-ring (bicyclic) bond motifs is 1. The molecule has 0 aliphatic heterocycles. The van der Waals surface area contributed by atoms with Crippen LogP contribution in [0, 0.1) is 0 Å². The summed E-state index contributed by atoms with van der Waals surface area (Å²) < 4.78 is 36.2. The minimum Gasteiger partial charge on any atom is -0.744 e. The fourth-order valence-electron chi connectivity index (χ4n) is 6.07. The Kier molecular flexibility index (Phi) is 22.6. The van der Waals surface area contributed by atoms with Crippen LogP contribution in [0.5, 0.6) is 0 Å². The van der Waals surface area contributed by atoms with Gasteiger partial charge in [0, 0.05) is 5.39 Å². The van der Waals surface area contributed by atoms with E-state index in [2.05, 4.69) is 26.0 Å². The molecule has 3 nitrogen and oxygen atoms in total. The van der Waals surface area contributed by atoms with E-state index in [1.807, 2.05) is 6.07 Å². The summed E-state index contributed by atoms with van der Waals surface area (Å²) in [6.45, 7) is 4.53. The van der Waals surface area contributed by atoms with Crippen molar-refractivity contribution in [1.82, 2.24) is 0 Å². The Hall–Kier alpha value is -0.390. The first kappa shape index (κ1) is 38.6. The van der Waals surface area contributed by atoms with Crippen LogP contribution in [0.3, 0.4) is 0 Å². The minimum absolute atomic E-state index is 0. The van der Waals surface area contributed by atoms with Crippen molar-refractivity contribution >= 4 is 20.9 Å². The Morgan fingerprint density at radius 3 is 1.41 bits per heavy atom. The van der Waals surface area contributed by atoms with Crippen LogP contribution in [0.15, 0.2) is 35.2 Å². The van der Waals surface area contributed by atoms with Gasteiger partial charge < -0.3 is 4.55 Å². The number of hydrogen-bond donors (Lipinski definition) is 0. The molecule has 0 N–H and O–H groups in total. The summed E-state index contributed by atoms with van der Waals surface area (Å²) in [6, 6.07) is 9.48. The molecule has 0 spiro atoms. The van der Waals surface area contributed by atoms with Gasteiger partial charge in [0.15, 0.2) is 0 Å². The first-order chi connectivity index (χ1) is 19.5. The van der Waals surface area contributed by atoms with E-state index in [-0.39, 0.29) is 34.5 Å². The maximum absolute atomic E-state index is 12.1. The zero-order chi connectivity index (χ0) is 28.9. The van der Waals surface area contributed by atoms with Gasteiger partial charge >= 0.3 is 29.6 Å². The van der Waals surface area contributed by atoms with Crippen molar-refractivity contribution in [3.8, 4) is 0 Å². The predicted octanol–water partition coefficient (Wildman–Crippen LogP) is 8.45. The van der Waals surface area contributed by atoms with Crippen molar-refractivity contribution in [2.24, 2.45) is 0 Å². The molecule has 0 saturated carbocycles. The Balaban J connectivity index is 0.00000840. The van der Waals surface area contributed by atoms with E-state index in [0.717, 1.165) is 36.6 Å². The molecule has 0 aliphatic carbocycles. The third-order valence-electron chi connectivity index (χ3n) is 8.47. The molecule has 0 unspecified atom stereocenters. The van der Waals surface area contributed by atoms with E-state index < -0.39 is 10.1 Å². The SMILES string of the molecule is CCCCCCCCCCCCCc1cc(CCCCCCCCCCCCC)c2c(S(=O)(=O)[O-])cccc2c1.[Na+]. The van der Waals surface area contributed by atoms with Crippen LogP contribution in [0.2, 0.25) is 0 Å². The standard InChI is InChI=1S/C36H60O3S.Na/c1-3-5-7-9-11-13-15-17-19-21-23-26-32-30-33(27-24-22-20-18-16-14-12-10-8-6-4-2)36-34(31-32)28-25-29-35(36)40(37,38)39;/h25,28-31H,3-24,26-27H2,1-2H3,(H,37,38,39);/q;+1/p-1. The molecule has 228 valence electrons. The number of unbranched alkanes of at least 4 members (excludes halogenated alkanes) is 20. The molecule has 0 aromatic heterocycles. The van der Waals surface area contributed by atoms with Crippen LogP contribution in [-0.4, -0.2) is 13.0 Å². The van der Waals surface area contributed by atoms with Gasteiger partial charge in [-0.3, -0.25) is 0 Å². The zero-order valence-corrected chi connectivity index (χ0v) is 29.8. The number of benzene rings is 2. The molecular formula is C36H59NaO3S. The van der Waals surface area contributed by atoms with Gasteiger partial charge in [0.05, 0.1) is 4.90 Å². The van der Waals surface area contributed by atoms with Gasteiger partial charge in [-0.25, -0.2) is 8.42 Å². The summed E-state index contributed by atoms with van der Waals surface area (Å²) in [4.78, 5) is -0.0516. The Morgan fingerprint density at radius 1 is 0.561 bits per heavy atom. The first-order valence-corrected chi connectivity index (χ1v) is 18.4. The molecule has 0 aliphatic rings. The smallest absolute Gasteiger partial charge is 0.744 e. The van der Waals surface area contributed by atoms with Crippen LogP contribution in [0.25, 0.3) is 10.8 Å². The van der Waals surface area contributed by atoms with Crippen LogP contribution in [0.1, 0.15) is 166 Å². The molecule has 0 amide bonds. The quantitative estimate of drug-likeness (QED) is 0.0658. The van der Waals surface area contributed by atoms with Crippen LogP contribution in [0.4, 0.5) is 0 Å². The van der Waals surface area contributed by atoms with Crippen molar-refractivity contribution in [3.05, 3.63) is 41.5 Å². The average molecular weight is 595 g/mol. The largest absolute Gasteiger partial charge is 1.00 e. The fourth-order valence-corrected chi connectivity index (χ4v) is 6.82.